The molecule has 0 bridgehead atoms. The molecule has 2 heteroatoms. The lowest BCUT2D eigenvalue weighted by Crippen LogP contribution is -2.01. The van der Waals surface area contributed by atoms with E-state index in [4.69, 9.17) is 4.74 Å². The van der Waals surface area contributed by atoms with Crippen molar-refractivity contribution in [2.24, 2.45) is 0 Å². The van der Waals surface area contributed by atoms with Gasteiger partial charge in [0.05, 0.1) is 7.11 Å². The van der Waals surface area contributed by atoms with Gasteiger partial charge in [0.25, 0.3) is 0 Å². The summed E-state index contributed by atoms with van der Waals surface area (Å²) in [4.78, 5) is 0. The summed E-state index contributed by atoms with van der Waals surface area (Å²) >= 11 is 0. The van der Waals surface area contributed by atoms with Crippen LogP contribution in [0.1, 0.15) is 33.7 Å². The molecule has 146 valence electrons. The number of phenolic OH excluding ortho intramolecular Hbond substituents is 1. The van der Waals surface area contributed by atoms with E-state index in [2.05, 4.69) is 72.8 Å². The molecule has 1 aliphatic rings. The Hall–Kier alpha value is -3.78. The number of benzene rings is 4. The molecule has 4 aromatic carbocycles. The van der Waals surface area contributed by atoms with Crippen molar-refractivity contribution in [3.8, 4) is 11.5 Å². The van der Waals surface area contributed by atoms with Crippen molar-refractivity contribution >= 4 is 11.1 Å². The number of methoxy groups -OCH3 is 1. The van der Waals surface area contributed by atoms with Crippen LogP contribution in [0.15, 0.2) is 103 Å². The second-order valence-corrected chi connectivity index (χ2v) is 7.48. The predicted octanol–water partition coefficient (Wildman–Crippen LogP) is 6.51. The molecule has 0 aliphatic heterocycles. The topological polar surface area (TPSA) is 29.5 Å². The van der Waals surface area contributed by atoms with Crippen LogP contribution in [-0.4, -0.2) is 12.2 Å². The van der Waals surface area contributed by atoms with E-state index in [9.17, 15) is 5.11 Å². The lowest BCUT2D eigenvalue weighted by Gasteiger charge is -2.19. The molecule has 0 amide bonds. The summed E-state index contributed by atoms with van der Waals surface area (Å²) in [6.45, 7) is 0. The normalized spacial score (nSPS) is 15.2. The van der Waals surface area contributed by atoms with Crippen LogP contribution in [0.5, 0.6) is 11.5 Å². The second kappa shape index (κ2) is 7.57. The van der Waals surface area contributed by atoms with Crippen LogP contribution in [0.3, 0.4) is 0 Å². The molecule has 0 heterocycles. The van der Waals surface area contributed by atoms with E-state index in [0.717, 1.165) is 22.3 Å². The highest BCUT2D eigenvalue weighted by atomic mass is 16.5. The highest BCUT2D eigenvalue weighted by Crippen LogP contribution is 2.54. The molecule has 1 N–H and O–H groups in total. The summed E-state index contributed by atoms with van der Waals surface area (Å²) < 4.78 is 5.47. The van der Waals surface area contributed by atoms with Gasteiger partial charge in [0.15, 0.2) is 11.5 Å². The average molecular weight is 390 g/mol. The first-order valence-electron chi connectivity index (χ1n) is 10.1. The molecule has 1 unspecified atom stereocenters. The maximum absolute atomic E-state index is 10.6. The number of allylic oxidation sites excluding steroid dienone is 1. The van der Waals surface area contributed by atoms with E-state index in [0.29, 0.717) is 5.75 Å². The number of aromatic hydroxyl groups is 1. The Labute approximate surface area is 176 Å². The highest BCUT2D eigenvalue weighted by molar-refractivity contribution is 6.07. The SMILES string of the molecule is COc1cc2c(cc1O)C(c1ccccc1)=C(c1ccccc1)C2c1ccccc1. The van der Waals surface area contributed by atoms with E-state index in [1.54, 1.807) is 7.11 Å². The molecule has 1 aliphatic carbocycles. The van der Waals surface area contributed by atoms with Crippen LogP contribution in [-0.2, 0) is 0 Å². The zero-order valence-corrected chi connectivity index (χ0v) is 16.7. The van der Waals surface area contributed by atoms with Gasteiger partial charge in [-0.3, -0.25) is 0 Å². The standard InChI is InChI=1S/C28H22O2/c1-30-25-18-23-22(17-24(25)29)26(19-11-5-2-6-12-19)28(21-15-9-4-10-16-21)27(23)20-13-7-3-8-14-20/h2-18,27,29H,1H3. The predicted molar refractivity (Wildman–Crippen MR) is 122 cm³/mol. The summed E-state index contributed by atoms with van der Waals surface area (Å²) in [6, 6.07) is 35.3. The Morgan fingerprint density at radius 1 is 0.700 bits per heavy atom. The number of fused-ring (bicyclic) bond motifs is 1. The van der Waals surface area contributed by atoms with E-state index in [-0.39, 0.29) is 11.7 Å². The smallest absolute Gasteiger partial charge is 0.160 e. The minimum absolute atomic E-state index is 0.0494. The van der Waals surface area contributed by atoms with Crippen molar-refractivity contribution in [1.82, 2.24) is 0 Å². The number of ether oxygens (including phenoxy) is 1. The maximum atomic E-state index is 10.6. The van der Waals surface area contributed by atoms with Crippen molar-refractivity contribution < 1.29 is 9.84 Å². The van der Waals surface area contributed by atoms with Crippen molar-refractivity contribution in [2.75, 3.05) is 7.11 Å². The van der Waals surface area contributed by atoms with Crippen LogP contribution in [0, 0.1) is 0 Å². The third kappa shape index (κ3) is 2.98. The maximum Gasteiger partial charge on any atom is 0.160 e. The fraction of sp³-hybridized carbons (Fsp3) is 0.0714. The van der Waals surface area contributed by atoms with Gasteiger partial charge in [-0.15, -0.1) is 0 Å². The zero-order valence-electron chi connectivity index (χ0n) is 16.7. The lowest BCUT2D eigenvalue weighted by molar-refractivity contribution is 0.373. The molecule has 2 nitrogen and oxygen atoms in total. The zero-order chi connectivity index (χ0) is 20.5. The van der Waals surface area contributed by atoms with E-state index >= 15 is 0 Å². The van der Waals surface area contributed by atoms with Crippen LogP contribution in [0.2, 0.25) is 0 Å². The number of rotatable bonds is 4. The molecule has 0 aromatic heterocycles. The molecule has 0 fully saturated rings. The Bertz CT molecular complexity index is 1210. The van der Waals surface area contributed by atoms with Gasteiger partial charge in [-0.25, -0.2) is 0 Å². The first kappa shape index (κ1) is 18.3. The van der Waals surface area contributed by atoms with Crippen LogP contribution in [0.25, 0.3) is 11.1 Å². The fourth-order valence-electron chi connectivity index (χ4n) is 4.48. The minimum Gasteiger partial charge on any atom is -0.504 e. The Morgan fingerprint density at radius 3 is 1.87 bits per heavy atom. The molecular formula is C28H22O2. The van der Waals surface area contributed by atoms with Crippen LogP contribution >= 0.6 is 0 Å². The third-order valence-electron chi connectivity index (χ3n) is 5.77. The fourth-order valence-corrected chi connectivity index (χ4v) is 4.48. The number of phenols is 1. The molecule has 0 radical (unpaired) electrons. The first-order valence-corrected chi connectivity index (χ1v) is 10.1. The summed E-state index contributed by atoms with van der Waals surface area (Å²) in [7, 11) is 1.59. The van der Waals surface area contributed by atoms with Gasteiger partial charge in [0.2, 0.25) is 0 Å². The summed E-state index contributed by atoms with van der Waals surface area (Å²) in [5.74, 6) is 0.704. The first-order chi connectivity index (χ1) is 14.8. The van der Waals surface area contributed by atoms with E-state index in [1.165, 1.54) is 16.7 Å². The summed E-state index contributed by atoms with van der Waals surface area (Å²) in [5.41, 5.74) is 8.14. The Kier molecular flexibility index (Phi) is 4.61. The summed E-state index contributed by atoms with van der Waals surface area (Å²) in [6.07, 6.45) is 0. The monoisotopic (exact) mass is 390 g/mol. The molecule has 4 aromatic rings. The molecule has 1 atom stereocenters. The third-order valence-corrected chi connectivity index (χ3v) is 5.77. The molecule has 30 heavy (non-hydrogen) atoms. The summed E-state index contributed by atoms with van der Waals surface area (Å²) in [5, 5.41) is 10.6. The van der Waals surface area contributed by atoms with Crippen LogP contribution < -0.4 is 4.74 Å². The van der Waals surface area contributed by atoms with Crippen molar-refractivity contribution in [3.05, 3.63) is 131 Å². The van der Waals surface area contributed by atoms with E-state index in [1.807, 2.05) is 30.3 Å². The van der Waals surface area contributed by atoms with Gasteiger partial charge >= 0.3 is 0 Å². The van der Waals surface area contributed by atoms with Gasteiger partial charge in [-0.1, -0.05) is 91.0 Å². The quantitative estimate of drug-likeness (QED) is 0.431. The molecular weight excluding hydrogens is 368 g/mol. The second-order valence-electron chi connectivity index (χ2n) is 7.48. The molecule has 0 spiro atoms. The minimum atomic E-state index is 0.0494. The van der Waals surface area contributed by atoms with Gasteiger partial charge in [0.1, 0.15) is 0 Å². The van der Waals surface area contributed by atoms with Crippen molar-refractivity contribution in [3.63, 3.8) is 0 Å². The highest BCUT2D eigenvalue weighted by Gasteiger charge is 2.35. The van der Waals surface area contributed by atoms with Gasteiger partial charge < -0.3 is 9.84 Å². The average Bonchev–Trinajstić information content (AvgIpc) is 3.14. The molecule has 5 rings (SSSR count). The Balaban J connectivity index is 1.88. The van der Waals surface area contributed by atoms with Gasteiger partial charge in [-0.2, -0.15) is 0 Å². The number of hydrogen-bond donors (Lipinski definition) is 1. The lowest BCUT2D eigenvalue weighted by atomic mass is 9.84. The van der Waals surface area contributed by atoms with Gasteiger partial charge in [-0.05, 0) is 51.1 Å². The molecule has 0 saturated heterocycles. The number of hydrogen-bond acceptors (Lipinski definition) is 2. The molecule has 0 saturated carbocycles. The largest absolute Gasteiger partial charge is 0.504 e. The van der Waals surface area contributed by atoms with Gasteiger partial charge in [0, 0.05) is 5.92 Å². The van der Waals surface area contributed by atoms with Crippen LogP contribution in [0.4, 0.5) is 0 Å². The van der Waals surface area contributed by atoms with E-state index < -0.39 is 0 Å². The van der Waals surface area contributed by atoms with Crippen molar-refractivity contribution in [1.29, 1.82) is 0 Å². The van der Waals surface area contributed by atoms with Crippen molar-refractivity contribution in [2.45, 2.75) is 5.92 Å². The Morgan fingerprint density at radius 2 is 1.27 bits per heavy atom.